The third kappa shape index (κ3) is 3.61. The summed E-state index contributed by atoms with van der Waals surface area (Å²) in [5.41, 5.74) is 6.91. The molecule has 0 aliphatic carbocycles. The first-order chi connectivity index (χ1) is 6.94. The molecule has 15 heavy (non-hydrogen) atoms. The van der Waals surface area contributed by atoms with Crippen LogP contribution in [0.5, 0.6) is 0 Å². The summed E-state index contributed by atoms with van der Waals surface area (Å²) in [6.07, 6.45) is 0. The molecule has 0 saturated heterocycles. The van der Waals surface area contributed by atoms with Gasteiger partial charge in [-0.15, -0.1) is 0 Å². The van der Waals surface area contributed by atoms with Crippen LogP contribution in [-0.4, -0.2) is 18.3 Å². The lowest BCUT2D eigenvalue weighted by atomic mass is 9.95. The largest absolute Gasteiger partial charge is 0.399 e. The number of hydrogen-bond acceptors (Lipinski definition) is 3. The number of anilines is 2. The first-order valence-corrected chi connectivity index (χ1v) is 5.22. The molecule has 84 valence electrons. The van der Waals surface area contributed by atoms with E-state index in [0.29, 0.717) is 17.3 Å². The number of nitrogens with two attached hydrogens (primary N) is 1. The molecule has 0 saturated carbocycles. The second-order valence-corrected chi connectivity index (χ2v) is 4.82. The predicted octanol–water partition coefficient (Wildman–Crippen LogP) is 2.35. The van der Waals surface area contributed by atoms with Gasteiger partial charge in [-0.3, -0.25) is 0 Å². The quantitative estimate of drug-likeness (QED) is 0.694. The van der Waals surface area contributed by atoms with Crippen molar-refractivity contribution in [3.63, 3.8) is 0 Å². The van der Waals surface area contributed by atoms with E-state index in [2.05, 4.69) is 5.32 Å². The summed E-state index contributed by atoms with van der Waals surface area (Å²) < 4.78 is 0. The van der Waals surface area contributed by atoms with Crippen molar-refractivity contribution in [1.29, 1.82) is 0 Å². The van der Waals surface area contributed by atoms with Crippen LogP contribution in [0, 0.1) is 5.41 Å². The lowest BCUT2D eigenvalue weighted by Gasteiger charge is -2.23. The van der Waals surface area contributed by atoms with Gasteiger partial charge in [-0.25, -0.2) is 0 Å². The van der Waals surface area contributed by atoms with Crippen molar-refractivity contribution in [2.45, 2.75) is 13.8 Å². The molecule has 4 heteroatoms. The van der Waals surface area contributed by atoms with Crippen molar-refractivity contribution in [1.82, 2.24) is 0 Å². The zero-order chi connectivity index (χ0) is 11.5. The minimum Gasteiger partial charge on any atom is -0.399 e. The second kappa shape index (κ2) is 4.73. The maximum Gasteiger partial charge on any atom is 0.0657 e. The van der Waals surface area contributed by atoms with Crippen LogP contribution < -0.4 is 11.1 Å². The molecule has 1 rings (SSSR count). The van der Waals surface area contributed by atoms with E-state index in [4.69, 9.17) is 22.4 Å². The average molecular weight is 229 g/mol. The van der Waals surface area contributed by atoms with E-state index in [0.717, 1.165) is 5.69 Å². The Morgan fingerprint density at radius 3 is 2.67 bits per heavy atom. The Morgan fingerprint density at radius 2 is 2.13 bits per heavy atom. The Bertz CT molecular complexity index is 339. The van der Waals surface area contributed by atoms with Crippen molar-refractivity contribution in [2.75, 3.05) is 24.2 Å². The maximum atomic E-state index is 9.09. The first-order valence-electron chi connectivity index (χ1n) is 4.84. The van der Waals surface area contributed by atoms with Gasteiger partial charge in [-0.05, 0) is 18.2 Å². The number of halogens is 1. The SMILES string of the molecule is CC(C)(CO)CNc1ccc(N)cc1Cl. The predicted molar refractivity (Wildman–Crippen MR) is 65.2 cm³/mol. The molecular weight excluding hydrogens is 212 g/mol. The molecule has 0 spiro atoms. The molecule has 1 aromatic rings. The van der Waals surface area contributed by atoms with Crippen molar-refractivity contribution in [3.05, 3.63) is 23.2 Å². The number of rotatable bonds is 4. The Balaban J connectivity index is 2.66. The van der Waals surface area contributed by atoms with Gasteiger partial charge in [0.05, 0.1) is 10.7 Å². The monoisotopic (exact) mass is 228 g/mol. The lowest BCUT2D eigenvalue weighted by molar-refractivity contribution is 0.171. The number of nitrogen functional groups attached to an aromatic ring is 1. The summed E-state index contributed by atoms with van der Waals surface area (Å²) in [5, 5.41) is 12.9. The lowest BCUT2D eigenvalue weighted by Crippen LogP contribution is -2.26. The summed E-state index contributed by atoms with van der Waals surface area (Å²) in [7, 11) is 0. The van der Waals surface area contributed by atoms with Crippen molar-refractivity contribution in [3.8, 4) is 0 Å². The fourth-order valence-electron chi connectivity index (χ4n) is 1.07. The molecule has 0 heterocycles. The fraction of sp³-hybridized carbons (Fsp3) is 0.455. The minimum atomic E-state index is -0.162. The summed E-state index contributed by atoms with van der Waals surface area (Å²) in [4.78, 5) is 0. The molecule has 0 bridgehead atoms. The van der Waals surface area contributed by atoms with Crippen molar-refractivity contribution >= 4 is 23.0 Å². The molecule has 3 nitrogen and oxygen atoms in total. The normalized spacial score (nSPS) is 11.5. The fourth-order valence-corrected chi connectivity index (χ4v) is 1.32. The van der Waals surface area contributed by atoms with Crippen LogP contribution in [0.3, 0.4) is 0 Å². The van der Waals surface area contributed by atoms with E-state index in [1.165, 1.54) is 0 Å². The molecule has 0 unspecified atom stereocenters. The van der Waals surface area contributed by atoms with Gasteiger partial charge >= 0.3 is 0 Å². The van der Waals surface area contributed by atoms with E-state index in [9.17, 15) is 0 Å². The van der Waals surface area contributed by atoms with Gasteiger partial charge in [0.25, 0.3) is 0 Å². The van der Waals surface area contributed by atoms with Gasteiger partial charge in [0, 0.05) is 24.3 Å². The highest BCUT2D eigenvalue weighted by Gasteiger charge is 2.16. The summed E-state index contributed by atoms with van der Waals surface area (Å²) in [6, 6.07) is 5.33. The number of nitrogens with one attached hydrogen (secondary N) is 1. The highest BCUT2D eigenvalue weighted by molar-refractivity contribution is 6.33. The van der Waals surface area contributed by atoms with Crippen LogP contribution in [0.4, 0.5) is 11.4 Å². The highest BCUT2D eigenvalue weighted by Crippen LogP contribution is 2.25. The van der Waals surface area contributed by atoms with Crippen LogP contribution in [0.2, 0.25) is 5.02 Å². The van der Waals surface area contributed by atoms with Crippen LogP contribution in [0.1, 0.15) is 13.8 Å². The molecule has 0 atom stereocenters. The number of aliphatic hydroxyl groups excluding tert-OH is 1. The van der Waals surface area contributed by atoms with Gasteiger partial charge in [-0.1, -0.05) is 25.4 Å². The molecule has 0 fully saturated rings. The van der Waals surface area contributed by atoms with E-state index >= 15 is 0 Å². The first kappa shape index (κ1) is 12.1. The number of hydrogen-bond donors (Lipinski definition) is 3. The molecule has 0 radical (unpaired) electrons. The minimum absolute atomic E-state index is 0.132. The van der Waals surface area contributed by atoms with Crippen LogP contribution in [0.15, 0.2) is 18.2 Å². The second-order valence-electron chi connectivity index (χ2n) is 4.42. The molecule has 1 aromatic carbocycles. The van der Waals surface area contributed by atoms with Crippen LogP contribution >= 0.6 is 11.6 Å². The smallest absolute Gasteiger partial charge is 0.0657 e. The number of aliphatic hydroxyl groups is 1. The Hall–Kier alpha value is -0.930. The summed E-state index contributed by atoms with van der Waals surface area (Å²) in [5.74, 6) is 0. The highest BCUT2D eigenvalue weighted by atomic mass is 35.5. The topological polar surface area (TPSA) is 58.3 Å². The van der Waals surface area contributed by atoms with E-state index in [1.54, 1.807) is 12.1 Å². The maximum absolute atomic E-state index is 9.09. The van der Waals surface area contributed by atoms with Gasteiger partial charge in [-0.2, -0.15) is 0 Å². The van der Waals surface area contributed by atoms with Crippen molar-refractivity contribution < 1.29 is 5.11 Å². The summed E-state index contributed by atoms with van der Waals surface area (Å²) >= 11 is 6.00. The Morgan fingerprint density at radius 1 is 1.47 bits per heavy atom. The van der Waals surface area contributed by atoms with E-state index < -0.39 is 0 Å². The zero-order valence-electron chi connectivity index (χ0n) is 9.05. The molecule has 0 aromatic heterocycles. The zero-order valence-corrected chi connectivity index (χ0v) is 9.80. The van der Waals surface area contributed by atoms with E-state index in [-0.39, 0.29) is 12.0 Å². The molecule has 0 aliphatic rings. The average Bonchev–Trinajstić information content (AvgIpc) is 2.16. The Labute approximate surface area is 95.2 Å². The number of benzene rings is 1. The molecule has 4 N–H and O–H groups in total. The van der Waals surface area contributed by atoms with E-state index in [1.807, 2.05) is 19.9 Å². The van der Waals surface area contributed by atoms with Gasteiger partial charge in [0.2, 0.25) is 0 Å². The standard InChI is InChI=1S/C11H17ClN2O/c1-11(2,7-15)6-14-10-4-3-8(13)5-9(10)12/h3-5,14-15H,6-7,13H2,1-2H3. The molecule has 0 aliphatic heterocycles. The Kier molecular flexibility index (Phi) is 3.83. The molecular formula is C11H17ClN2O. The molecule has 0 amide bonds. The van der Waals surface area contributed by atoms with Gasteiger partial charge in [0.1, 0.15) is 0 Å². The van der Waals surface area contributed by atoms with Crippen LogP contribution in [0.25, 0.3) is 0 Å². The van der Waals surface area contributed by atoms with Gasteiger partial charge in [0.15, 0.2) is 0 Å². The summed E-state index contributed by atoms with van der Waals surface area (Å²) in [6.45, 7) is 4.75. The van der Waals surface area contributed by atoms with Gasteiger partial charge < -0.3 is 16.2 Å². The van der Waals surface area contributed by atoms with Crippen molar-refractivity contribution in [2.24, 2.45) is 5.41 Å². The third-order valence-corrected chi connectivity index (χ3v) is 2.49. The third-order valence-electron chi connectivity index (χ3n) is 2.18. The van der Waals surface area contributed by atoms with Crippen LogP contribution in [-0.2, 0) is 0 Å².